The van der Waals surface area contributed by atoms with Crippen LogP contribution in [0.15, 0.2) is 22.7 Å². The second-order valence-electron chi connectivity index (χ2n) is 4.20. The van der Waals surface area contributed by atoms with Crippen LogP contribution < -0.4 is 0 Å². The average Bonchev–Trinajstić information content (AvgIpc) is 2.81. The van der Waals surface area contributed by atoms with Crippen molar-refractivity contribution in [3.8, 4) is 0 Å². The van der Waals surface area contributed by atoms with Crippen molar-refractivity contribution in [2.24, 2.45) is 5.92 Å². The minimum Gasteiger partial charge on any atom is -0.481 e. The Morgan fingerprint density at radius 3 is 2.72 bits per heavy atom. The lowest BCUT2D eigenvalue weighted by molar-refractivity contribution is -0.141. The van der Waals surface area contributed by atoms with E-state index in [1.165, 1.54) is 0 Å². The van der Waals surface area contributed by atoms with E-state index < -0.39 is 11.9 Å². The maximum atomic E-state index is 12.1. The number of aliphatic carboxylic acids is 1. The number of carboxylic acids is 1. The molecule has 6 heteroatoms. The summed E-state index contributed by atoms with van der Waals surface area (Å²) in [4.78, 5) is 24.6. The Kier molecular flexibility index (Phi) is 3.92. The van der Waals surface area contributed by atoms with Gasteiger partial charge in [-0.2, -0.15) is 0 Å². The first-order valence-corrected chi connectivity index (χ1v) is 6.63. The number of carbonyl (C=O) groups is 2. The van der Waals surface area contributed by atoms with Gasteiger partial charge in [0.05, 0.1) is 10.9 Å². The van der Waals surface area contributed by atoms with Crippen LogP contribution in [0.3, 0.4) is 0 Å². The molecular formula is C12H11BrClNO3. The van der Waals surface area contributed by atoms with Crippen LogP contribution in [-0.4, -0.2) is 35.0 Å². The molecule has 0 spiro atoms. The molecule has 18 heavy (non-hydrogen) atoms. The molecule has 1 N–H and O–H groups in total. The van der Waals surface area contributed by atoms with Gasteiger partial charge in [-0.15, -0.1) is 0 Å². The van der Waals surface area contributed by atoms with Crippen molar-refractivity contribution in [2.45, 2.75) is 6.42 Å². The van der Waals surface area contributed by atoms with E-state index in [2.05, 4.69) is 15.9 Å². The standard InChI is InChI=1S/C12H11BrClNO3/c13-9-5-7(1-2-10(9)14)11(16)15-4-3-8(6-15)12(17)18/h1-2,5,8H,3-4,6H2,(H,17,18). The Morgan fingerprint density at radius 1 is 1.44 bits per heavy atom. The molecule has 1 amide bonds. The third-order valence-electron chi connectivity index (χ3n) is 2.99. The molecule has 1 saturated heterocycles. The molecule has 1 aliphatic rings. The largest absolute Gasteiger partial charge is 0.481 e. The SMILES string of the molecule is O=C(O)C1CCN(C(=O)c2ccc(Cl)c(Br)c2)C1. The van der Waals surface area contributed by atoms with Crippen LogP contribution in [0, 0.1) is 5.92 Å². The molecule has 4 nitrogen and oxygen atoms in total. The fourth-order valence-corrected chi connectivity index (χ4v) is 2.45. The molecule has 1 heterocycles. The van der Waals surface area contributed by atoms with Gasteiger partial charge in [0.1, 0.15) is 0 Å². The zero-order valence-electron chi connectivity index (χ0n) is 9.40. The minimum atomic E-state index is -0.845. The number of carboxylic acid groups (broad SMARTS) is 1. The summed E-state index contributed by atoms with van der Waals surface area (Å²) < 4.78 is 0.656. The summed E-state index contributed by atoms with van der Waals surface area (Å²) in [6.07, 6.45) is 0.510. The van der Waals surface area contributed by atoms with E-state index in [0.29, 0.717) is 28.0 Å². The molecule has 1 aromatic carbocycles. The summed E-state index contributed by atoms with van der Waals surface area (Å²) >= 11 is 9.12. The highest BCUT2D eigenvalue weighted by molar-refractivity contribution is 9.10. The third-order valence-corrected chi connectivity index (χ3v) is 4.21. The highest BCUT2D eigenvalue weighted by Gasteiger charge is 2.31. The van der Waals surface area contributed by atoms with Crippen molar-refractivity contribution in [3.05, 3.63) is 33.3 Å². The predicted molar refractivity (Wildman–Crippen MR) is 70.8 cm³/mol. The second kappa shape index (κ2) is 5.28. The molecule has 1 aliphatic heterocycles. The lowest BCUT2D eigenvalue weighted by Gasteiger charge is -2.16. The summed E-state index contributed by atoms with van der Waals surface area (Å²) in [6.45, 7) is 0.754. The van der Waals surface area contributed by atoms with Crippen LogP contribution in [0.25, 0.3) is 0 Å². The number of amides is 1. The molecule has 1 atom stereocenters. The van der Waals surface area contributed by atoms with E-state index in [9.17, 15) is 9.59 Å². The van der Waals surface area contributed by atoms with Gasteiger partial charge in [-0.05, 0) is 40.5 Å². The van der Waals surface area contributed by atoms with Gasteiger partial charge in [0.25, 0.3) is 5.91 Å². The molecule has 1 aromatic rings. The Morgan fingerprint density at radius 2 is 2.17 bits per heavy atom. The highest BCUT2D eigenvalue weighted by atomic mass is 79.9. The quantitative estimate of drug-likeness (QED) is 0.906. The predicted octanol–water partition coefficient (Wildman–Crippen LogP) is 2.65. The molecule has 0 radical (unpaired) electrons. The first-order chi connectivity index (χ1) is 8.49. The van der Waals surface area contributed by atoms with Gasteiger partial charge in [-0.25, -0.2) is 0 Å². The van der Waals surface area contributed by atoms with Gasteiger partial charge in [0.2, 0.25) is 0 Å². The van der Waals surface area contributed by atoms with Gasteiger partial charge in [0.15, 0.2) is 0 Å². The van der Waals surface area contributed by atoms with E-state index in [1.54, 1.807) is 23.1 Å². The van der Waals surface area contributed by atoms with E-state index in [4.69, 9.17) is 16.7 Å². The smallest absolute Gasteiger partial charge is 0.308 e. The van der Waals surface area contributed by atoms with E-state index in [0.717, 1.165) is 0 Å². The molecule has 0 aromatic heterocycles. The number of hydrogen-bond donors (Lipinski definition) is 1. The van der Waals surface area contributed by atoms with Crippen LogP contribution in [-0.2, 0) is 4.79 Å². The fourth-order valence-electron chi connectivity index (χ4n) is 1.96. The van der Waals surface area contributed by atoms with Crippen molar-refractivity contribution in [3.63, 3.8) is 0 Å². The molecule has 0 bridgehead atoms. The fraction of sp³-hybridized carbons (Fsp3) is 0.333. The zero-order chi connectivity index (χ0) is 13.3. The summed E-state index contributed by atoms with van der Waals surface area (Å²) in [7, 11) is 0. The number of carbonyl (C=O) groups excluding carboxylic acids is 1. The number of likely N-dealkylation sites (tertiary alicyclic amines) is 1. The Hall–Kier alpha value is -1.07. The number of rotatable bonds is 2. The molecular weight excluding hydrogens is 321 g/mol. The van der Waals surface area contributed by atoms with Crippen LogP contribution in [0.2, 0.25) is 5.02 Å². The van der Waals surface area contributed by atoms with Gasteiger partial charge in [-0.3, -0.25) is 9.59 Å². The van der Waals surface area contributed by atoms with Crippen LogP contribution in [0.1, 0.15) is 16.8 Å². The Balaban J connectivity index is 2.12. The Labute approximate surface area is 118 Å². The Bertz CT molecular complexity index is 506. The van der Waals surface area contributed by atoms with Crippen molar-refractivity contribution < 1.29 is 14.7 Å². The van der Waals surface area contributed by atoms with Crippen LogP contribution in [0.4, 0.5) is 0 Å². The first-order valence-electron chi connectivity index (χ1n) is 5.46. The number of halogens is 2. The average molecular weight is 333 g/mol. The number of benzene rings is 1. The highest BCUT2D eigenvalue weighted by Crippen LogP contribution is 2.25. The molecule has 96 valence electrons. The van der Waals surface area contributed by atoms with Gasteiger partial charge in [-0.1, -0.05) is 11.6 Å². The van der Waals surface area contributed by atoms with Crippen molar-refractivity contribution in [1.82, 2.24) is 4.90 Å². The van der Waals surface area contributed by atoms with Crippen LogP contribution in [0.5, 0.6) is 0 Å². The zero-order valence-corrected chi connectivity index (χ0v) is 11.7. The summed E-state index contributed by atoms with van der Waals surface area (Å²) in [5, 5.41) is 9.44. The van der Waals surface area contributed by atoms with E-state index in [-0.39, 0.29) is 12.5 Å². The monoisotopic (exact) mass is 331 g/mol. The normalized spacial score (nSPS) is 19.0. The van der Waals surface area contributed by atoms with E-state index >= 15 is 0 Å². The maximum Gasteiger partial charge on any atom is 0.308 e. The van der Waals surface area contributed by atoms with Crippen molar-refractivity contribution >= 4 is 39.4 Å². The number of hydrogen-bond acceptors (Lipinski definition) is 2. The number of nitrogens with zero attached hydrogens (tertiary/aromatic N) is 1. The van der Waals surface area contributed by atoms with Gasteiger partial charge >= 0.3 is 5.97 Å². The molecule has 0 aliphatic carbocycles. The molecule has 1 unspecified atom stereocenters. The van der Waals surface area contributed by atoms with Gasteiger partial charge < -0.3 is 10.0 Å². The van der Waals surface area contributed by atoms with Gasteiger partial charge in [0, 0.05) is 23.1 Å². The maximum absolute atomic E-state index is 12.1. The van der Waals surface area contributed by atoms with E-state index in [1.807, 2.05) is 0 Å². The third kappa shape index (κ3) is 2.67. The topological polar surface area (TPSA) is 57.6 Å². The molecule has 0 saturated carbocycles. The van der Waals surface area contributed by atoms with Crippen molar-refractivity contribution in [2.75, 3.05) is 13.1 Å². The minimum absolute atomic E-state index is 0.156. The summed E-state index contributed by atoms with van der Waals surface area (Å²) in [5.74, 6) is -1.46. The lowest BCUT2D eigenvalue weighted by Crippen LogP contribution is -2.29. The summed E-state index contributed by atoms with van der Waals surface area (Å²) in [6, 6.07) is 4.94. The van der Waals surface area contributed by atoms with Crippen LogP contribution >= 0.6 is 27.5 Å². The first kappa shape index (κ1) is 13.4. The molecule has 2 rings (SSSR count). The van der Waals surface area contributed by atoms with Crippen molar-refractivity contribution in [1.29, 1.82) is 0 Å². The molecule has 1 fully saturated rings. The second-order valence-corrected chi connectivity index (χ2v) is 5.47. The lowest BCUT2D eigenvalue weighted by atomic mass is 10.1. The summed E-state index contributed by atoms with van der Waals surface area (Å²) in [5.41, 5.74) is 0.511.